The normalized spacial score (nSPS) is 35.7. The van der Waals surface area contributed by atoms with Gasteiger partial charge in [-0.2, -0.15) is 0 Å². The highest BCUT2D eigenvalue weighted by Gasteiger charge is 2.49. The molecule has 3 aromatic carbocycles. The van der Waals surface area contributed by atoms with Crippen molar-refractivity contribution < 1.29 is 43.8 Å². The standard InChI is InChI=1S/C58H90N2O9P/c1-40-36-58(9,64)55(69-52-35-47(59(10)11)34-43(4)66-52)44(5)54(68-51-33-41(2)53(61)46(7)67-51)45(6)56(62)65-39-57(8,63)37-42(3)60(38-40)31-23-12-13-24-32-70(48-25-17-14-18-26-48,49-27-19-15-20-28-49)50-29-21-16-22-30-50/h14-22,25-30,40-47,51-55,61,63-64H,12-13,23-24,31-39H2,1-11H3/q+1/t40-,41+,42-,43-,44+,45-,46+,47+,51+,52+,53-,54+,55-,57+,58-/m1/s1. The molecule has 0 aromatic heterocycles. The molecule has 0 amide bonds. The number of carbonyl (C=O) groups excluding carboxylic acids is 1. The quantitative estimate of drug-likeness (QED) is 0.0773. The Balaban J connectivity index is 1.23. The molecule has 11 nitrogen and oxygen atoms in total. The SMILES string of the molecule is C[C@H]1CN(CCCCCC[P+](c2ccccc2)(c2ccccc2)c2ccccc2)[C@H](C)C[C@](C)(O)COC(=O)[C@H](C)[C@@H](O[C@H]2C[C@H](C)[C@@H](O)[C@H](C)O2)[C@H](C)[C@@H](O[C@H]2C[C@@H](N(C)C)C[C@@H](C)O2)[C@](C)(O)C1. The Morgan fingerprint density at radius 1 is 0.729 bits per heavy atom. The summed E-state index contributed by atoms with van der Waals surface area (Å²) in [6.45, 7) is 19.0. The van der Waals surface area contributed by atoms with Gasteiger partial charge in [-0.3, -0.25) is 4.79 Å². The summed E-state index contributed by atoms with van der Waals surface area (Å²) in [5.41, 5.74) is -2.67. The molecule has 0 unspecified atom stereocenters. The van der Waals surface area contributed by atoms with Crippen molar-refractivity contribution in [2.45, 2.75) is 186 Å². The molecule has 6 rings (SSSR count). The fourth-order valence-electron chi connectivity index (χ4n) is 12.0. The number of aliphatic hydroxyl groups is 3. The molecule has 0 bridgehead atoms. The molecule has 3 aliphatic heterocycles. The maximum absolute atomic E-state index is 14.2. The van der Waals surface area contributed by atoms with Crippen LogP contribution in [0.5, 0.6) is 0 Å². The van der Waals surface area contributed by atoms with Gasteiger partial charge in [0.2, 0.25) is 0 Å². The maximum atomic E-state index is 14.2. The van der Waals surface area contributed by atoms with Crippen LogP contribution in [0.1, 0.15) is 120 Å². The number of cyclic esters (lactones) is 1. The lowest BCUT2D eigenvalue weighted by Gasteiger charge is -2.46. The minimum atomic E-state index is -1.91. The van der Waals surface area contributed by atoms with Gasteiger partial charge in [-0.25, -0.2) is 0 Å². The molecule has 3 aliphatic rings. The van der Waals surface area contributed by atoms with Gasteiger partial charge in [-0.05, 0) is 149 Å². The van der Waals surface area contributed by atoms with E-state index in [1.807, 2.05) is 27.7 Å². The number of benzene rings is 3. The second-order valence-electron chi connectivity index (χ2n) is 22.5. The largest absolute Gasteiger partial charge is 0.462 e. The number of unbranched alkanes of at least 4 members (excludes halogenated alkanes) is 3. The third kappa shape index (κ3) is 14.7. The van der Waals surface area contributed by atoms with Crippen LogP contribution in [0.15, 0.2) is 91.0 Å². The van der Waals surface area contributed by atoms with Crippen LogP contribution < -0.4 is 15.9 Å². The molecular formula is C58H90N2O9P+. The average Bonchev–Trinajstić information content (AvgIpc) is 3.32. The van der Waals surface area contributed by atoms with Gasteiger partial charge in [-0.1, -0.05) is 81.8 Å². The van der Waals surface area contributed by atoms with Gasteiger partial charge in [0.15, 0.2) is 12.6 Å². The Morgan fingerprint density at radius 3 is 1.84 bits per heavy atom. The lowest BCUT2D eigenvalue weighted by molar-refractivity contribution is -0.290. The zero-order valence-electron chi connectivity index (χ0n) is 44.5. The molecule has 12 heteroatoms. The number of hydrogen-bond acceptors (Lipinski definition) is 11. The van der Waals surface area contributed by atoms with Crippen LogP contribution in [-0.4, -0.2) is 137 Å². The molecule has 0 aliphatic carbocycles. The van der Waals surface area contributed by atoms with Crippen molar-refractivity contribution in [2.24, 2.45) is 23.7 Å². The molecule has 0 spiro atoms. The van der Waals surface area contributed by atoms with E-state index in [1.54, 1.807) is 13.8 Å². The Morgan fingerprint density at radius 2 is 1.29 bits per heavy atom. The number of carbonyl (C=O) groups is 1. The zero-order chi connectivity index (χ0) is 50.8. The summed E-state index contributed by atoms with van der Waals surface area (Å²) in [7, 11) is 2.23. The van der Waals surface area contributed by atoms with Gasteiger partial charge in [0.1, 0.15) is 29.8 Å². The highest BCUT2D eigenvalue weighted by atomic mass is 31.2. The number of aliphatic hydroxyl groups excluding tert-OH is 1. The number of hydrogen-bond donors (Lipinski definition) is 3. The van der Waals surface area contributed by atoms with Crippen LogP contribution in [0.3, 0.4) is 0 Å². The number of esters is 1. The van der Waals surface area contributed by atoms with Crippen molar-refractivity contribution in [1.29, 1.82) is 0 Å². The van der Waals surface area contributed by atoms with Crippen molar-refractivity contribution in [2.75, 3.05) is 40.0 Å². The van der Waals surface area contributed by atoms with Crippen LogP contribution in [0.25, 0.3) is 0 Å². The second kappa shape index (κ2) is 25.4. The zero-order valence-corrected chi connectivity index (χ0v) is 45.4. The first kappa shape index (κ1) is 56.5. The minimum Gasteiger partial charge on any atom is -0.462 e. The fourth-order valence-corrected chi connectivity index (χ4v) is 16.4. The van der Waals surface area contributed by atoms with E-state index >= 15 is 0 Å². The first-order valence-corrected chi connectivity index (χ1v) is 28.5. The molecule has 0 radical (unpaired) electrons. The molecular weight excluding hydrogens is 900 g/mol. The monoisotopic (exact) mass is 990 g/mol. The molecule has 15 atom stereocenters. The highest BCUT2D eigenvalue weighted by Crippen LogP contribution is 2.56. The molecule has 3 aromatic rings. The van der Waals surface area contributed by atoms with E-state index in [1.165, 1.54) is 15.9 Å². The number of nitrogens with zero attached hydrogens (tertiary/aromatic N) is 2. The van der Waals surface area contributed by atoms with E-state index in [2.05, 4.69) is 136 Å². The van der Waals surface area contributed by atoms with Crippen molar-refractivity contribution >= 4 is 29.1 Å². The maximum Gasteiger partial charge on any atom is 0.311 e. The predicted octanol–water partition coefficient (Wildman–Crippen LogP) is 8.34. The van der Waals surface area contributed by atoms with E-state index in [0.29, 0.717) is 32.2 Å². The van der Waals surface area contributed by atoms with Crippen LogP contribution in [-0.2, 0) is 28.5 Å². The summed E-state index contributed by atoms with van der Waals surface area (Å²) in [5.74, 6) is -1.93. The summed E-state index contributed by atoms with van der Waals surface area (Å²) in [6, 6.07) is 33.5. The molecule has 390 valence electrons. The van der Waals surface area contributed by atoms with Gasteiger partial charge in [0, 0.05) is 37.4 Å². The van der Waals surface area contributed by atoms with Gasteiger partial charge in [-0.15, -0.1) is 0 Å². The summed E-state index contributed by atoms with van der Waals surface area (Å²) < 4.78 is 32.6. The highest BCUT2D eigenvalue weighted by molar-refractivity contribution is 7.95. The second-order valence-corrected chi connectivity index (χ2v) is 26.1. The Bertz CT molecular complexity index is 1900. The van der Waals surface area contributed by atoms with E-state index in [9.17, 15) is 20.1 Å². The molecule has 3 N–H and O–H groups in total. The fraction of sp³-hybridized carbons (Fsp3) is 0.672. The molecule has 0 saturated carbocycles. The number of ether oxygens (including phenoxy) is 5. The van der Waals surface area contributed by atoms with Crippen molar-refractivity contribution in [1.82, 2.24) is 9.80 Å². The Labute approximate surface area is 422 Å². The third-order valence-corrected chi connectivity index (χ3v) is 20.3. The lowest BCUT2D eigenvalue weighted by Crippen LogP contribution is -2.56. The molecule has 70 heavy (non-hydrogen) atoms. The summed E-state index contributed by atoms with van der Waals surface area (Å²) in [6.07, 6.45) is 3.97. The van der Waals surface area contributed by atoms with E-state index in [-0.39, 0.29) is 36.6 Å². The van der Waals surface area contributed by atoms with Gasteiger partial charge < -0.3 is 48.8 Å². The average molecular weight is 990 g/mol. The van der Waals surface area contributed by atoms with Crippen LogP contribution in [0.4, 0.5) is 0 Å². The molecule has 3 fully saturated rings. The van der Waals surface area contributed by atoms with Gasteiger partial charge in [0.05, 0.1) is 53.8 Å². The van der Waals surface area contributed by atoms with Crippen LogP contribution in [0.2, 0.25) is 0 Å². The van der Waals surface area contributed by atoms with Crippen molar-refractivity contribution in [3.05, 3.63) is 91.0 Å². The molecule has 3 heterocycles. The van der Waals surface area contributed by atoms with Crippen molar-refractivity contribution in [3.8, 4) is 0 Å². The van der Waals surface area contributed by atoms with Gasteiger partial charge in [0.25, 0.3) is 0 Å². The summed E-state index contributed by atoms with van der Waals surface area (Å²) in [4.78, 5) is 18.9. The van der Waals surface area contributed by atoms with E-state index < -0.39 is 73.3 Å². The van der Waals surface area contributed by atoms with E-state index in [0.717, 1.165) is 44.8 Å². The summed E-state index contributed by atoms with van der Waals surface area (Å²) in [5, 5.41) is 39.8. The van der Waals surface area contributed by atoms with Crippen LogP contribution in [0, 0.1) is 23.7 Å². The topological polar surface area (TPSA) is 130 Å². The Kier molecular flexibility index (Phi) is 20.5. The minimum absolute atomic E-state index is 0.0270. The first-order valence-electron chi connectivity index (χ1n) is 26.6. The van der Waals surface area contributed by atoms with Crippen molar-refractivity contribution in [3.63, 3.8) is 0 Å². The lowest BCUT2D eigenvalue weighted by atomic mass is 9.77. The molecule has 3 saturated heterocycles. The first-order chi connectivity index (χ1) is 33.2. The predicted molar refractivity (Wildman–Crippen MR) is 283 cm³/mol. The summed E-state index contributed by atoms with van der Waals surface area (Å²) >= 11 is 0. The number of rotatable bonds is 15. The van der Waals surface area contributed by atoms with Crippen LogP contribution >= 0.6 is 7.26 Å². The van der Waals surface area contributed by atoms with E-state index in [4.69, 9.17) is 23.7 Å². The van der Waals surface area contributed by atoms with Gasteiger partial charge >= 0.3 is 5.97 Å². The Hall–Kier alpha value is -2.80. The smallest absolute Gasteiger partial charge is 0.311 e. The third-order valence-electron chi connectivity index (χ3n) is 15.7.